The molecule has 0 aliphatic carbocycles. The zero-order valence-electron chi connectivity index (χ0n) is 35.9. The molecule has 2 N–H and O–H groups in total. The predicted molar refractivity (Wildman–Crippen MR) is 205 cm³/mol. The SMILES string of the molecule is C=C[O-].Cc1cc(CN(C)C)c([O-])c(CN(C)C)c1.Cc1cc(CN(C)C)c([O-])c(C[NH+](C)C)c1.Cc1cc(CN(C)C)c([O-])c(C[NH+](C)C)c1.[Ce+3].[Na+]. The Morgan fingerprint density at radius 1 is 0.491 bits per heavy atom. The third-order valence-corrected chi connectivity index (χ3v) is 7.20. The largest absolute Gasteiger partial charge is 3.00 e. The first kappa shape index (κ1) is 56.1. The maximum absolute atomic E-state index is 12.2. The normalized spacial score (nSPS) is 10.6. The number of hydrogen-bond donors (Lipinski definition) is 2. The molecule has 10 nitrogen and oxygen atoms in total. The summed E-state index contributed by atoms with van der Waals surface area (Å²) in [6, 6.07) is 12.0. The summed E-state index contributed by atoms with van der Waals surface area (Å²) in [7, 11) is 24.1. The summed E-state index contributed by atoms with van der Waals surface area (Å²) in [5.41, 5.74) is 8.95. The number of nitrogens with zero attached hydrogens (tertiary/aromatic N) is 4. The minimum atomic E-state index is 0. The van der Waals surface area contributed by atoms with Crippen LogP contribution in [0.1, 0.15) is 50.1 Å². The second-order valence-electron chi connectivity index (χ2n) is 15.1. The number of nitrogens with one attached hydrogen (secondary N) is 2. The van der Waals surface area contributed by atoms with E-state index < -0.39 is 0 Å². The molecular weight excluding hydrogens is 804 g/mol. The molecule has 0 unspecified atom stereocenters. The predicted octanol–water partition coefficient (Wildman–Crippen LogP) is -2.76. The van der Waals surface area contributed by atoms with Gasteiger partial charge < -0.3 is 49.8 Å². The van der Waals surface area contributed by atoms with Crippen molar-refractivity contribution in [3.8, 4) is 17.2 Å². The number of hydrogen-bond acceptors (Lipinski definition) is 8. The van der Waals surface area contributed by atoms with Gasteiger partial charge >= 0.3 is 71.3 Å². The fourth-order valence-electron chi connectivity index (χ4n) is 5.64. The van der Waals surface area contributed by atoms with Gasteiger partial charge in [0.25, 0.3) is 0 Å². The van der Waals surface area contributed by atoms with E-state index in [0.29, 0.717) is 19.4 Å². The van der Waals surface area contributed by atoms with E-state index in [9.17, 15) is 15.3 Å². The third-order valence-electron chi connectivity index (χ3n) is 7.20. The molecule has 0 amide bonds. The van der Waals surface area contributed by atoms with Gasteiger partial charge in [-0.05, 0) is 111 Å². The van der Waals surface area contributed by atoms with E-state index in [4.69, 9.17) is 5.11 Å². The van der Waals surface area contributed by atoms with Crippen LogP contribution in [-0.4, -0.2) is 104 Å². The molecule has 0 spiro atoms. The molecule has 3 aromatic carbocycles. The van der Waals surface area contributed by atoms with Crippen LogP contribution in [0.3, 0.4) is 0 Å². The molecule has 0 aromatic heterocycles. The van der Waals surface area contributed by atoms with Crippen molar-refractivity contribution in [1.29, 1.82) is 0 Å². The van der Waals surface area contributed by atoms with Crippen molar-refractivity contribution in [2.24, 2.45) is 0 Å². The number of aryl methyl sites for hydroxylation is 3. The summed E-state index contributed by atoms with van der Waals surface area (Å²) in [6.07, 6.45) is 0.500. The summed E-state index contributed by atoms with van der Waals surface area (Å²) in [6.45, 7) is 13.4. The maximum atomic E-state index is 12.2. The monoisotopic (exact) mass is 871 g/mol. The number of quaternary nitrogens is 2. The van der Waals surface area contributed by atoms with Crippen LogP contribution in [0.4, 0.5) is 0 Å². The Hall–Kier alpha value is -1.26. The van der Waals surface area contributed by atoms with E-state index in [1.165, 1.54) is 20.9 Å². The summed E-state index contributed by atoms with van der Waals surface area (Å²) >= 11 is 0. The molecule has 0 fully saturated rings. The van der Waals surface area contributed by atoms with Crippen LogP contribution in [-0.2, 0) is 39.3 Å². The zero-order valence-corrected chi connectivity index (χ0v) is 41.1. The molecule has 0 saturated heterocycles. The first-order valence-electron chi connectivity index (χ1n) is 17.4. The van der Waals surface area contributed by atoms with Gasteiger partial charge in [0.15, 0.2) is 0 Å². The van der Waals surface area contributed by atoms with Crippen molar-refractivity contribution in [2.75, 3.05) is 84.6 Å². The fraction of sp³-hybridized carbons (Fsp3) is 0.512. The molecule has 0 aliphatic heterocycles. The second kappa shape index (κ2) is 29.0. The van der Waals surface area contributed by atoms with Crippen LogP contribution < -0.4 is 59.8 Å². The maximum Gasteiger partial charge on any atom is 3.00 e. The molecule has 3 rings (SSSR count). The van der Waals surface area contributed by atoms with Gasteiger partial charge in [0.1, 0.15) is 13.1 Å². The Balaban J connectivity index is -0.000000669. The van der Waals surface area contributed by atoms with Gasteiger partial charge in [0, 0.05) is 26.2 Å². The second-order valence-corrected chi connectivity index (χ2v) is 15.1. The summed E-state index contributed by atoms with van der Waals surface area (Å²) in [5, 5.41) is 45.1. The van der Waals surface area contributed by atoms with Gasteiger partial charge in [-0.25, -0.2) is 0 Å². The van der Waals surface area contributed by atoms with Gasteiger partial charge in [0.2, 0.25) is 0 Å². The number of rotatable bonds is 12. The molecule has 0 saturated carbocycles. The van der Waals surface area contributed by atoms with E-state index in [2.05, 4.69) is 34.8 Å². The molecular formula is C41H68CeN6NaO4+2. The van der Waals surface area contributed by atoms with Crippen molar-refractivity contribution in [3.05, 3.63) is 99.3 Å². The summed E-state index contributed by atoms with van der Waals surface area (Å²) < 4.78 is 0. The first-order chi connectivity index (χ1) is 23.6. The smallest absolute Gasteiger partial charge is 0.878 e. The Morgan fingerprint density at radius 2 is 0.660 bits per heavy atom. The van der Waals surface area contributed by atoms with Crippen LogP contribution in [0.5, 0.6) is 17.2 Å². The van der Waals surface area contributed by atoms with Crippen LogP contribution in [0, 0.1) is 62.5 Å². The average molecular weight is 872 g/mol. The van der Waals surface area contributed by atoms with Crippen molar-refractivity contribution in [1.82, 2.24) is 19.6 Å². The quantitative estimate of drug-likeness (QED) is 0.149. The van der Waals surface area contributed by atoms with Crippen molar-refractivity contribution in [2.45, 2.75) is 60.0 Å². The third kappa shape index (κ3) is 24.1. The molecule has 0 aliphatic rings. The molecule has 3 aromatic rings. The van der Waals surface area contributed by atoms with E-state index in [1.54, 1.807) is 0 Å². The zero-order chi connectivity index (χ0) is 39.6. The standard InChI is InChI=1S/3C13H22N2O.C2H4O.Ce.Na/c3*1-10-6-11(8-14(2)3)13(16)12(7-10)9-15(4)5;1-2-3;;/h3*6-7,16H,8-9H2,1-5H3;2-3H,1H2;;/q;;;;+3;+1/p-2. The fourth-order valence-corrected chi connectivity index (χ4v) is 5.64. The van der Waals surface area contributed by atoms with Gasteiger partial charge in [-0.1, -0.05) is 70.3 Å². The Kier molecular flexibility index (Phi) is 30.7. The molecule has 0 heterocycles. The van der Waals surface area contributed by atoms with Gasteiger partial charge in [-0.15, -0.1) is 6.58 Å². The number of benzene rings is 3. The molecule has 0 atom stereocenters. The van der Waals surface area contributed by atoms with Gasteiger partial charge in [0.05, 0.1) is 28.2 Å². The Bertz CT molecular complexity index is 1220. The van der Waals surface area contributed by atoms with Crippen LogP contribution in [0.2, 0.25) is 0 Å². The topological polar surface area (TPSA) is 114 Å². The van der Waals surface area contributed by atoms with E-state index in [1.807, 2.05) is 133 Å². The van der Waals surface area contributed by atoms with Crippen molar-refractivity contribution in [3.63, 3.8) is 0 Å². The summed E-state index contributed by atoms with van der Waals surface area (Å²) in [5.74, 6) is 0.606. The van der Waals surface area contributed by atoms with Crippen LogP contribution in [0.15, 0.2) is 49.2 Å². The van der Waals surface area contributed by atoms with Crippen molar-refractivity contribution < 1.29 is 102 Å². The Morgan fingerprint density at radius 3 is 0.830 bits per heavy atom. The first-order valence-corrected chi connectivity index (χ1v) is 17.4. The average Bonchev–Trinajstić information content (AvgIpc) is 2.96. The minimum Gasteiger partial charge on any atom is -0.878 e. The minimum absolute atomic E-state index is 0. The van der Waals surface area contributed by atoms with Crippen molar-refractivity contribution >= 4 is 0 Å². The molecule has 289 valence electrons. The molecule has 53 heavy (non-hydrogen) atoms. The van der Waals surface area contributed by atoms with E-state index >= 15 is 0 Å². The molecule has 1 radical (unpaired) electrons. The molecule has 12 heteroatoms. The van der Waals surface area contributed by atoms with E-state index in [-0.39, 0.29) is 88.6 Å². The Labute approximate surface area is 378 Å². The van der Waals surface area contributed by atoms with E-state index in [0.717, 1.165) is 65.1 Å². The summed E-state index contributed by atoms with van der Waals surface area (Å²) in [4.78, 5) is 10.7. The van der Waals surface area contributed by atoms with Crippen LogP contribution in [0.25, 0.3) is 0 Å². The van der Waals surface area contributed by atoms with Gasteiger partial charge in [-0.2, -0.15) is 6.26 Å². The molecule has 0 bridgehead atoms. The van der Waals surface area contributed by atoms with Crippen LogP contribution >= 0.6 is 0 Å². The van der Waals surface area contributed by atoms with Gasteiger partial charge in [-0.3, -0.25) is 0 Å².